The van der Waals surface area contributed by atoms with Crippen molar-refractivity contribution >= 4 is 11.7 Å². The molecule has 1 aromatic carbocycles. The van der Waals surface area contributed by atoms with E-state index in [2.05, 4.69) is 10.8 Å². The Hall–Kier alpha value is -2.02. The molecule has 1 aromatic rings. The van der Waals surface area contributed by atoms with E-state index in [1.54, 1.807) is 6.07 Å². The van der Waals surface area contributed by atoms with E-state index in [0.29, 0.717) is 12.0 Å². The molecule has 0 bridgehead atoms. The third-order valence-electron chi connectivity index (χ3n) is 2.76. The van der Waals surface area contributed by atoms with Crippen LogP contribution in [0.15, 0.2) is 24.3 Å². The van der Waals surface area contributed by atoms with Crippen LogP contribution < -0.4 is 4.90 Å². The fourth-order valence-corrected chi connectivity index (χ4v) is 1.57. The molecule has 0 radical (unpaired) electrons. The Balaban J connectivity index is 2.85. The maximum atomic E-state index is 11.2. The standard InChI is InChI=1S/C13H16N2O2/c1-10(8-13(16)17-3)15(2)12-7-5-4-6-11(12)9-14/h4-7,10H,8H2,1-3H3. The van der Waals surface area contributed by atoms with Gasteiger partial charge in [0.1, 0.15) is 6.07 Å². The van der Waals surface area contributed by atoms with E-state index in [0.717, 1.165) is 5.69 Å². The van der Waals surface area contributed by atoms with Crippen LogP contribution in [-0.2, 0) is 9.53 Å². The lowest BCUT2D eigenvalue weighted by molar-refractivity contribution is -0.140. The smallest absolute Gasteiger partial charge is 0.307 e. The third kappa shape index (κ3) is 3.22. The van der Waals surface area contributed by atoms with Crippen LogP contribution in [0.1, 0.15) is 18.9 Å². The van der Waals surface area contributed by atoms with Gasteiger partial charge in [-0.1, -0.05) is 12.1 Å². The Bertz CT molecular complexity index is 437. The normalized spacial score (nSPS) is 11.4. The van der Waals surface area contributed by atoms with Crippen LogP contribution in [0.2, 0.25) is 0 Å². The molecule has 4 heteroatoms. The Morgan fingerprint density at radius 2 is 2.18 bits per heavy atom. The lowest BCUT2D eigenvalue weighted by atomic mass is 10.1. The van der Waals surface area contributed by atoms with Gasteiger partial charge in [0.2, 0.25) is 0 Å². The summed E-state index contributed by atoms with van der Waals surface area (Å²) in [6.07, 6.45) is 0.298. The van der Waals surface area contributed by atoms with Gasteiger partial charge in [-0.25, -0.2) is 0 Å². The topological polar surface area (TPSA) is 53.3 Å². The predicted octanol–water partition coefficient (Wildman–Crippen LogP) is 1.95. The highest BCUT2D eigenvalue weighted by atomic mass is 16.5. The molecule has 0 amide bonds. The highest BCUT2D eigenvalue weighted by Crippen LogP contribution is 2.21. The highest BCUT2D eigenvalue weighted by Gasteiger charge is 2.16. The summed E-state index contributed by atoms with van der Waals surface area (Å²) in [4.78, 5) is 13.1. The molecule has 0 N–H and O–H groups in total. The van der Waals surface area contributed by atoms with Crippen molar-refractivity contribution in [2.75, 3.05) is 19.1 Å². The minimum atomic E-state index is -0.251. The van der Waals surface area contributed by atoms with Crippen LogP contribution >= 0.6 is 0 Å². The summed E-state index contributed by atoms with van der Waals surface area (Å²) in [6, 6.07) is 9.44. The zero-order valence-electron chi connectivity index (χ0n) is 10.3. The molecule has 0 aromatic heterocycles. The molecule has 0 saturated carbocycles. The van der Waals surface area contributed by atoms with Crippen molar-refractivity contribution in [3.05, 3.63) is 29.8 Å². The first kappa shape index (κ1) is 13.0. The van der Waals surface area contributed by atoms with Crippen LogP contribution in [0.25, 0.3) is 0 Å². The quantitative estimate of drug-likeness (QED) is 0.744. The van der Waals surface area contributed by atoms with Gasteiger partial charge >= 0.3 is 5.97 Å². The van der Waals surface area contributed by atoms with Gasteiger partial charge in [0.15, 0.2) is 0 Å². The number of carbonyl (C=O) groups is 1. The van der Waals surface area contributed by atoms with E-state index in [9.17, 15) is 4.79 Å². The third-order valence-corrected chi connectivity index (χ3v) is 2.76. The van der Waals surface area contributed by atoms with Gasteiger partial charge in [0.25, 0.3) is 0 Å². The SMILES string of the molecule is COC(=O)CC(C)N(C)c1ccccc1C#N. The molecule has 0 spiro atoms. The van der Waals surface area contributed by atoms with Crippen LogP contribution in [0.3, 0.4) is 0 Å². The van der Waals surface area contributed by atoms with Crippen molar-refractivity contribution in [3.63, 3.8) is 0 Å². The van der Waals surface area contributed by atoms with Gasteiger partial charge in [-0.15, -0.1) is 0 Å². The molecular weight excluding hydrogens is 216 g/mol. The summed E-state index contributed by atoms with van der Waals surface area (Å²) in [5.41, 5.74) is 1.43. The number of methoxy groups -OCH3 is 1. The van der Waals surface area contributed by atoms with Gasteiger partial charge in [-0.2, -0.15) is 5.26 Å². The van der Waals surface area contributed by atoms with Gasteiger partial charge in [0.05, 0.1) is 24.8 Å². The molecular formula is C13H16N2O2. The molecule has 0 aliphatic rings. The maximum absolute atomic E-state index is 11.2. The Kier molecular flexibility index (Phi) is 4.53. The van der Waals surface area contributed by atoms with Crippen molar-refractivity contribution in [2.45, 2.75) is 19.4 Å². The summed E-state index contributed by atoms with van der Waals surface area (Å²) >= 11 is 0. The first-order valence-electron chi connectivity index (χ1n) is 5.39. The zero-order valence-corrected chi connectivity index (χ0v) is 10.3. The van der Waals surface area contributed by atoms with Gasteiger partial charge < -0.3 is 9.64 Å². The number of esters is 1. The van der Waals surface area contributed by atoms with Crippen molar-refractivity contribution < 1.29 is 9.53 Å². The van der Waals surface area contributed by atoms with Crippen molar-refractivity contribution in [1.82, 2.24) is 0 Å². The first-order valence-corrected chi connectivity index (χ1v) is 5.39. The largest absolute Gasteiger partial charge is 0.469 e. The van der Waals surface area contributed by atoms with E-state index in [4.69, 9.17) is 5.26 Å². The predicted molar refractivity (Wildman–Crippen MR) is 65.7 cm³/mol. The number of anilines is 1. The number of nitrogens with zero attached hydrogens (tertiary/aromatic N) is 2. The van der Waals surface area contributed by atoms with Crippen molar-refractivity contribution in [3.8, 4) is 6.07 Å². The number of benzene rings is 1. The van der Waals surface area contributed by atoms with Crippen LogP contribution in [0.4, 0.5) is 5.69 Å². The number of nitriles is 1. The lowest BCUT2D eigenvalue weighted by Crippen LogP contribution is -2.31. The molecule has 1 atom stereocenters. The summed E-state index contributed by atoms with van der Waals surface area (Å²) < 4.78 is 4.63. The van der Waals surface area contributed by atoms with Crippen molar-refractivity contribution in [1.29, 1.82) is 5.26 Å². The number of ether oxygens (including phenoxy) is 1. The fourth-order valence-electron chi connectivity index (χ4n) is 1.57. The van der Waals surface area contributed by atoms with E-state index in [1.165, 1.54) is 7.11 Å². The molecule has 1 unspecified atom stereocenters. The monoisotopic (exact) mass is 232 g/mol. The summed E-state index contributed by atoms with van der Waals surface area (Å²) in [7, 11) is 3.24. The average molecular weight is 232 g/mol. The molecule has 90 valence electrons. The molecule has 0 heterocycles. The first-order chi connectivity index (χ1) is 8.10. The minimum absolute atomic E-state index is 0.0167. The second kappa shape index (κ2) is 5.90. The van der Waals surface area contributed by atoms with Crippen molar-refractivity contribution in [2.24, 2.45) is 0 Å². The molecule has 4 nitrogen and oxygen atoms in total. The number of carbonyl (C=O) groups excluding carboxylic acids is 1. The molecule has 0 saturated heterocycles. The number of rotatable bonds is 4. The second-order valence-corrected chi connectivity index (χ2v) is 3.87. The Morgan fingerprint density at radius 1 is 1.53 bits per heavy atom. The average Bonchev–Trinajstić information content (AvgIpc) is 2.37. The lowest BCUT2D eigenvalue weighted by Gasteiger charge is -2.26. The molecule has 17 heavy (non-hydrogen) atoms. The summed E-state index contributed by atoms with van der Waals surface area (Å²) in [5.74, 6) is -0.251. The summed E-state index contributed by atoms with van der Waals surface area (Å²) in [5, 5.41) is 9.01. The zero-order chi connectivity index (χ0) is 12.8. The number of hydrogen-bond acceptors (Lipinski definition) is 4. The Labute approximate surface area is 101 Å². The molecule has 0 aliphatic carbocycles. The van der Waals surface area contributed by atoms with E-state index in [1.807, 2.05) is 37.1 Å². The fraction of sp³-hybridized carbons (Fsp3) is 0.385. The van der Waals surface area contributed by atoms with Crippen LogP contribution in [0, 0.1) is 11.3 Å². The van der Waals surface area contributed by atoms with Gasteiger partial charge in [0, 0.05) is 13.1 Å². The molecule has 0 aliphatic heterocycles. The minimum Gasteiger partial charge on any atom is -0.469 e. The summed E-state index contributed by atoms with van der Waals surface area (Å²) in [6.45, 7) is 1.92. The Morgan fingerprint density at radius 3 is 2.76 bits per heavy atom. The maximum Gasteiger partial charge on any atom is 0.307 e. The van der Waals surface area contributed by atoms with E-state index < -0.39 is 0 Å². The van der Waals surface area contributed by atoms with Gasteiger partial charge in [-0.3, -0.25) is 4.79 Å². The van der Waals surface area contributed by atoms with E-state index >= 15 is 0 Å². The number of hydrogen-bond donors (Lipinski definition) is 0. The molecule has 0 fully saturated rings. The van der Waals surface area contributed by atoms with E-state index in [-0.39, 0.29) is 12.0 Å². The highest BCUT2D eigenvalue weighted by molar-refractivity contribution is 5.71. The van der Waals surface area contributed by atoms with Gasteiger partial charge in [-0.05, 0) is 19.1 Å². The second-order valence-electron chi connectivity index (χ2n) is 3.87. The molecule has 1 rings (SSSR count). The van der Waals surface area contributed by atoms with Crippen LogP contribution in [-0.4, -0.2) is 26.2 Å². The van der Waals surface area contributed by atoms with Crippen LogP contribution in [0.5, 0.6) is 0 Å². The number of para-hydroxylation sites is 1.